The summed E-state index contributed by atoms with van der Waals surface area (Å²) < 4.78 is 35.0. The zero-order valence-corrected chi connectivity index (χ0v) is 17.9. The normalized spacial score (nSPS) is 13.5. The summed E-state index contributed by atoms with van der Waals surface area (Å²) in [6.07, 6.45) is 22.5. The van der Waals surface area contributed by atoms with Gasteiger partial charge in [-0.2, -0.15) is 8.42 Å². The average Bonchev–Trinajstić information content (AvgIpc) is 2.59. The van der Waals surface area contributed by atoms with Gasteiger partial charge in [-0.05, 0) is 19.3 Å². The Labute approximate surface area is 162 Å². The van der Waals surface area contributed by atoms with Crippen LogP contribution < -0.4 is 0 Å². The van der Waals surface area contributed by atoms with Gasteiger partial charge in [0.15, 0.2) is 0 Å². The lowest BCUT2D eigenvalue weighted by Gasteiger charge is -2.12. The lowest BCUT2D eigenvalue weighted by atomic mass is 9.99. The molecule has 0 bridgehead atoms. The maximum atomic E-state index is 10.8. The molecule has 1 unspecified atom stereocenters. The van der Waals surface area contributed by atoms with Gasteiger partial charge in [-0.25, -0.2) is 4.18 Å². The Balaban J connectivity index is 3.94. The lowest BCUT2D eigenvalue weighted by Crippen LogP contribution is -2.12. The van der Waals surface area contributed by atoms with Gasteiger partial charge in [-0.1, -0.05) is 103 Å². The minimum atomic E-state index is -4.35. The molecule has 0 spiro atoms. The monoisotopic (exact) mass is 390 g/mol. The van der Waals surface area contributed by atoms with Crippen molar-refractivity contribution in [2.24, 2.45) is 5.92 Å². The topological polar surface area (TPSA) is 63.6 Å². The first-order chi connectivity index (χ1) is 12.5. The molecule has 1 atom stereocenters. The molecule has 0 aliphatic carbocycles. The van der Waals surface area contributed by atoms with Gasteiger partial charge in [0, 0.05) is 5.92 Å². The summed E-state index contributed by atoms with van der Waals surface area (Å²) in [7, 11) is -4.35. The summed E-state index contributed by atoms with van der Waals surface area (Å²) in [5.74, 6) is 0.0626. The van der Waals surface area contributed by atoms with Crippen LogP contribution in [0.2, 0.25) is 0 Å². The van der Waals surface area contributed by atoms with Crippen molar-refractivity contribution in [3.8, 4) is 0 Å². The van der Waals surface area contributed by atoms with Crippen LogP contribution in [-0.2, 0) is 14.6 Å². The van der Waals surface area contributed by atoms with E-state index >= 15 is 0 Å². The number of allylic oxidation sites excluding steroid dienone is 1. The zero-order valence-electron chi connectivity index (χ0n) is 17.1. The Bertz CT molecular complexity index is 418. The fourth-order valence-electron chi connectivity index (χ4n) is 3.10. The molecule has 0 saturated heterocycles. The van der Waals surface area contributed by atoms with Crippen LogP contribution in [0.3, 0.4) is 0 Å². The van der Waals surface area contributed by atoms with E-state index in [2.05, 4.69) is 30.2 Å². The van der Waals surface area contributed by atoms with E-state index in [9.17, 15) is 8.42 Å². The highest BCUT2D eigenvalue weighted by molar-refractivity contribution is 7.80. The summed E-state index contributed by atoms with van der Waals surface area (Å²) >= 11 is 0. The Kier molecular flexibility index (Phi) is 17.7. The molecule has 4 nitrogen and oxygen atoms in total. The molecule has 0 saturated carbocycles. The fourth-order valence-corrected chi connectivity index (χ4v) is 3.45. The van der Waals surface area contributed by atoms with Crippen LogP contribution in [0, 0.1) is 5.92 Å². The van der Waals surface area contributed by atoms with Gasteiger partial charge < -0.3 is 0 Å². The minimum absolute atomic E-state index is 0.0430. The number of hydrogen-bond donors (Lipinski definition) is 1. The van der Waals surface area contributed by atoms with Gasteiger partial charge in [0.25, 0.3) is 0 Å². The van der Waals surface area contributed by atoms with Crippen LogP contribution in [0.5, 0.6) is 0 Å². The summed E-state index contributed by atoms with van der Waals surface area (Å²) in [5.41, 5.74) is 0. The van der Waals surface area contributed by atoms with E-state index in [0.717, 1.165) is 19.3 Å². The van der Waals surface area contributed by atoms with Crippen molar-refractivity contribution >= 4 is 10.4 Å². The van der Waals surface area contributed by atoms with Crippen LogP contribution in [0.25, 0.3) is 0 Å². The standard InChI is InChI=1S/C21H42O4S/c1-3-5-7-9-11-12-13-15-17-19-21(20-25-26(22,23)24)18-16-14-10-8-6-4-2/h16,18,21H,3-15,17,19-20H2,1-2H3,(H,22,23,24)/b18-16+. The quantitative estimate of drug-likeness (QED) is 0.148. The summed E-state index contributed by atoms with van der Waals surface area (Å²) in [4.78, 5) is 0. The highest BCUT2D eigenvalue weighted by Gasteiger charge is 2.11. The second-order valence-electron chi connectivity index (χ2n) is 7.37. The molecular formula is C21H42O4S. The molecule has 0 aliphatic rings. The van der Waals surface area contributed by atoms with Crippen molar-refractivity contribution in [3.05, 3.63) is 12.2 Å². The Hall–Kier alpha value is -0.390. The van der Waals surface area contributed by atoms with E-state index in [4.69, 9.17) is 4.55 Å². The SMILES string of the molecule is CCCCCC/C=C/C(CCCCCCCCCCC)COS(=O)(=O)O. The molecule has 0 aliphatic heterocycles. The summed E-state index contributed by atoms with van der Waals surface area (Å²) in [5, 5.41) is 0. The van der Waals surface area contributed by atoms with Crippen molar-refractivity contribution in [2.75, 3.05) is 6.61 Å². The Morgan fingerprint density at radius 3 is 1.85 bits per heavy atom. The third kappa shape index (κ3) is 19.9. The van der Waals surface area contributed by atoms with Crippen molar-refractivity contribution in [1.82, 2.24) is 0 Å². The van der Waals surface area contributed by atoms with Gasteiger partial charge >= 0.3 is 10.4 Å². The first kappa shape index (κ1) is 25.6. The Morgan fingerprint density at radius 1 is 0.808 bits per heavy atom. The summed E-state index contributed by atoms with van der Waals surface area (Å²) in [6, 6.07) is 0. The van der Waals surface area contributed by atoms with Crippen LogP contribution in [0.15, 0.2) is 12.2 Å². The van der Waals surface area contributed by atoms with Gasteiger partial charge in [0.1, 0.15) is 0 Å². The lowest BCUT2D eigenvalue weighted by molar-refractivity contribution is 0.234. The van der Waals surface area contributed by atoms with Crippen LogP contribution in [-0.4, -0.2) is 19.6 Å². The minimum Gasteiger partial charge on any atom is -0.264 e. The third-order valence-corrected chi connectivity index (χ3v) is 5.18. The molecule has 0 fully saturated rings. The molecule has 0 radical (unpaired) electrons. The average molecular weight is 391 g/mol. The number of rotatable bonds is 19. The predicted molar refractivity (Wildman–Crippen MR) is 111 cm³/mol. The molecule has 0 rings (SSSR count). The molecule has 0 heterocycles. The fraction of sp³-hybridized carbons (Fsp3) is 0.905. The summed E-state index contributed by atoms with van der Waals surface area (Å²) in [6.45, 7) is 4.48. The predicted octanol–water partition coefficient (Wildman–Crippen LogP) is 6.87. The van der Waals surface area contributed by atoms with Gasteiger partial charge in [0.05, 0.1) is 6.61 Å². The number of unbranched alkanes of at least 4 members (excludes halogenated alkanes) is 12. The molecular weight excluding hydrogens is 348 g/mol. The van der Waals surface area contributed by atoms with Crippen molar-refractivity contribution in [1.29, 1.82) is 0 Å². The largest absolute Gasteiger partial charge is 0.397 e. The molecule has 156 valence electrons. The smallest absolute Gasteiger partial charge is 0.264 e. The van der Waals surface area contributed by atoms with E-state index in [1.165, 1.54) is 77.0 Å². The van der Waals surface area contributed by atoms with Crippen molar-refractivity contribution < 1.29 is 17.2 Å². The van der Waals surface area contributed by atoms with Crippen LogP contribution in [0.4, 0.5) is 0 Å². The van der Waals surface area contributed by atoms with Gasteiger partial charge in [-0.15, -0.1) is 0 Å². The van der Waals surface area contributed by atoms with E-state index < -0.39 is 10.4 Å². The van der Waals surface area contributed by atoms with Crippen LogP contribution >= 0.6 is 0 Å². The molecule has 5 heteroatoms. The first-order valence-electron chi connectivity index (χ1n) is 10.8. The Morgan fingerprint density at radius 2 is 1.31 bits per heavy atom. The third-order valence-electron chi connectivity index (χ3n) is 4.74. The first-order valence-corrected chi connectivity index (χ1v) is 12.1. The van der Waals surface area contributed by atoms with Gasteiger partial charge in [-0.3, -0.25) is 4.55 Å². The maximum Gasteiger partial charge on any atom is 0.397 e. The molecule has 0 amide bonds. The van der Waals surface area contributed by atoms with E-state index in [-0.39, 0.29) is 12.5 Å². The highest BCUT2D eigenvalue weighted by Crippen LogP contribution is 2.16. The maximum absolute atomic E-state index is 10.8. The molecule has 0 aromatic carbocycles. The van der Waals surface area contributed by atoms with E-state index in [1.54, 1.807) is 0 Å². The number of hydrogen-bond acceptors (Lipinski definition) is 3. The van der Waals surface area contributed by atoms with E-state index in [0.29, 0.717) is 0 Å². The second kappa shape index (κ2) is 18.0. The molecule has 26 heavy (non-hydrogen) atoms. The molecule has 0 aromatic rings. The van der Waals surface area contributed by atoms with Crippen molar-refractivity contribution in [3.63, 3.8) is 0 Å². The zero-order chi connectivity index (χ0) is 19.5. The van der Waals surface area contributed by atoms with E-state index in [1.807, 2.05) is 0 Å². The van der Waals surface area contributed by atoms with Gasteiger partial charge in [0.2, 0.25) is 0 Å². The molecule has 1 N–H and O–H groups in total. The highest BCUT2D eigenvalue weighted by atomic mass is 32.3. The second-order valence-corrected chi connectivity index (χ2v) is 8.46. The van der Waals surface area contributed by atoms with Crippen molar-refractivity contribution in [2.45, 2.75) is 110 Å². The molecule has 0 aromatic heterocycles. The van der Waals surface area contributed by atoms with Crippen LogP contribution in [0.1, 0.15) is 110 Å².